The number of hydrogen-bond acceptors (Lipinski definition) is 3. The Labute approximate surface area is 136 Å². The van der Waals surface area contributed by atoms with Crippen LogP contribution in [0.5, 0.6) is 0 Å². The highest BCUT2D eigenvalue weighted by Gasteiger charge is 2.10. The predicted octanol–water partition coefficient (Wildman–Crippen LogP) is 3.10. The molecule has 3 aromatic rings. The monoisotopic (exact) mass is 307 g/mol. The first-order valence-corrected chi connectivity index (χ1v) is 8.23. The third-order valence-electron chi connectivity index (χ3n) is 4.52. The second-order valence-electron chi connectivity index (χ2n) is 6.02. The maximum Gasteiger partial charge on any atom is 0.0999 e. The molecule has 118 valence electrons. The molecule has 23 heavy (non-hydrogen) atoms. The van der Waals surface area contributed by atoms with Crippen LogP contribution in [0, 0.1) is 0 Å². The van der Waals surface area contributed by atoms with Crippen LogP contribution in [-0.2, 0) is 11.2 Å². The van der Waals surface area contributed by atoms with Gasteiger partial charge in [-0.05, 0) is 18.1 Å². The number of para-hydroxylation sites is 1. The molecule has 0 unspecified atom stereocenters. The first-order chi connectivity index (χ1) is 11.4. The molecule has 1 aliphatic rings. The lowest BCUT2D eigenvalue weighted by molar-refractivity contribution is 0.0384. The largest absolute Gasteiger partial charge is 0.379 e. The summed E-state index contributed by atoms with van der Waals surface area (Å²) in [7, 11) is 0. The zero-order valence-corrected chi connectivity index (χ0v) is 13.2. The second-order valence-corrected chi connectivity index (χ2v) is 6.02. The van der Waals surface area contributed by atoms with E-state index in [2.05, 4.69) is 57.6 Å². The average Bonchev–Trinajstić information content (AvgIpc) is 3.05. The highest BCUT2D eigenvalue weighted by molar-refractivity contribution is 5.92. The Bertz CT molecular complexity index is 773. The molecule has 0 aliphatic carbocycles. The highest BCUT2D eigenvalue weighted by atomic mass is 16.5. The van der Waals surface area contributed by atoms with E-state index in [-0.39, 0.29) is 0 Å². The SMILES string of the molecule is c1ccc2c(-c3ccc(CCN4CCOCC4)cc3)n[nH]c2c1. The minimum atomic E-state index is 0.866. The van der Waals surface area contributed by atoms with E-state index in [9.17, 15) is 0 Å². The molecule has 4 nitrogen and oxygen atoms in total. The molecule has 1 saturated heterocycles. The molecule has 2 aromatic carbocycles. The maximum atomic E-state index is 5.39. The quantitative estimate of drug-likeness (QED) is 0.805. The molecule has 4 heteroatoms. The standard InChI is InChI=1S/C19H21N3O/c1-2-4-18-17(3-1)19(21-20-18)16-7-5-15(6-8-16)9-10-22-11-13-23-14-12-22/h1-8H,9-14H2,(H,20,21). The number of H-pyrrole nitrogens is 1. The normalized spacial score (nSPS) is 16.0. The van der Waals surface area contributed by atoms with Gasteiger partial charge >= 0.3 is 0 Å². The van der Waals surface area contributed by atoms with Crippen LogP contribution in [0.4, 0.5) is 0 Å². The van der Waals surface area contributed by atoms with E-state index in [0.717, 1.165) is 56.0 Å². The molecule has 1 aromatic heterocycles. The van der Waals surface area contributed by atoms with E-state index in [1.165, 1.54) is 10.9 Å². The number of fused-ring (bicyclic) bond motifs is 1. The highest BCUT2D eigenvalue weighted by Crippen LogP contribution is 2.26. The molecule has 1 fully saturated rings. The van der Waals surface area contributed by atoms with E-state index in [1.54, 1.807) is 0 Å². The minimum absolute atomic E-state index is 0.866. The van der Waals surface area contributed by atoms with Gasteiger partial charge in [0, 0.05) is 30.6 Å². The summed E-state index contributed by atoms with van der Waals surface area (Å²) in [6, 6.07) is 17.0. The van der Waals surface area contributed by atoms with Crippen molar-refractivity contribution in [2.24, 2.45) is 0 Å². The van der Waals surface area contributed by atoms with E-state index in [0.29, 0.717) is 0 Å². The Hall–Kier alpha value is -2.17. The maximum absolute atomic E-state index is 5.39. The number of aromatic nitrogens is 2. The molecular formula is C19H21N3O. The number of nitrogens with one attached hydrogen (secondary N) is 1. The van der Waals surface area contributed by atoms with Crippen molar-refractivity contribution in [3.63, 3.8) is 0 Å². The molecule has 2 heterocycles. The molecule has 1 aliphatic heterocycles. The van der Waals surface area contributed by atoms with Gasteiger partial charge in [-0.3, -0.25) is 10.00 Å². The van der Waals surface area contributed by atoms with Gasteiger partial charge in [0.2, 0.25) is 0 Å². The molecule has 0 atom stereocenters. The molecule has 0 spiro atoms. The van der Waals surface area contributed by atoms with Crippen LogP contribution >= 0.6 is 0 Å². The zero-order valence-electron chi connectivity index (χ0n) is 13.2. The lowest BCUT2D eigenvalue weighted by atomic mass is 10.0. The van der Waals surface area contributed by atoms with Crippen molar-refractivity contribution >= 4 is 10.9 Å². The number of hydrogen-bond donors (Lipinski definition) is 1. The van der Waals surface area contributed by atoms with Crippen molar-refractivity contribution in [2.75, 3.05) is 32.8 Å². The van der Waals surface area contributed by atoms with E-state index >= 15 is 0 Å². The van der Waals surface area contributed by atoms with Gasteiger partial charge in [-0.25, -0.2) is 0 Å². The Morgan fingerprint density at radius 2 is 1.78 bits per heavy atom. The van der Waals surface area contributed by atoms with Crippen molar-refractivity contribution in [1.82, 2.24) is 15.1 Å². The van der Waals surface area contributed by atoms with Gasteiger partial charge < -0.3 is 4.74 Å². The van der Waals surface area contributed by atoms with Crippen molar-refractivity contribution in [2.45, 2.75) is 6.42 Å². The van der Waals surface area contributed by atoms with Crippen LogP contribution in [0.15, 0.2) is 48.5 Å². The Morgan fingerprint density at radius 3 is 2.61 bits per heavy atom. The Balaban J connectivity index is 1.47. The fourth-order valence-corrected chi connectivity index (χ4v) is 3.12. The topological polar surface area (TPSA) is 41.1 Å². The van der Waals surface area contributed by atoms with Crippen LogP contribution in [-0.4, -0.2) is 47.9 Å². The molecule has 0 amide bonds. The molecule has 0 radical (unpaired) electrons. The minimum Gasteiger partial charge on any atom is -0.379 e. The number of benzene rings is 2. The fraction of sp³-hybridized carbons (Fsp3) is 0.316. The number of morpholine rings is 1. The Kier molecular flexibility index (Phi) is 4.09. The van der Waals surface area contributed by atoms with Crippen LogP contribution in [0.3, 0.4) is 0 Å². The van der Waals surface area contributed by atoms with E-state index in [4.69, 9.17) is 4.74 Å². The number of ether oxygens (including phenoxy) is 1. The summed E-state index contributed by atoms with van der Waals surface area (Å²) < 4.78 is 5.39. The van der Waals surface area contributed by atoms with Crippen LogP contribution in [0.2, 0.25) is 0 Å². The average molecular weight is 307 g/mol. The van der Waals surface area contributed by atoms with Crippen LogP contribution < -0.4 is 0 Å². The number of rotatable bonds is 4. The number of nitrogens with zero attached hydrogens (tertiary/aromatic N) is 2. The van der Waals surface area contributed by atoms with Crippen LogP contribution in [0.25, 0.3) is 22.2 Å². The van der Waals surface area contributed by atoms with E-state index in [1.807, 2.05) is 6.07 Å². The second kappa shape index (κ2) is 6.52. The first-order valence-electron chi connectivity index (χ1n) is 8.23. The predicted molar refractivity (Wildman–Crippen MR) is 92.5 cm³/mol. The van der Waals surface area contributed by atoms with Gasteiger partial charge in [0.05, 0.1) is 24.4 Å². The summed E-state index contributed by atoms with van der Waals surface area (Å²) in [4.78, 5) is 2.47. The van der Waals surface area contributed by atoms with E-state index < -0.39 is 0 Å². The van der Waals surface area contributed by atoms with Gasteiger partial charge in [-0.15, -0.1) is 0 Å². The lowest BCUT2D eigenvalue weighted by Gasteiger charge is -2.26. The summed E-state index contributed by atoms with van der Waals surface area (Å²) in [6.45, 7) is 4.94. The molecule has 0 bridgehead atoms. The zero-order chi connectivity index (χ0) is 15.5. The summed E-state index contributed by atoms with van der Waals surface area (Å²) >= 11 is 0. The Morgan fingerprint density at radius 1 is 1.00 bits per heavy atom. The lowest BCUT2D eigenvalue weighted by Crippen LogP contribution is -2.37. The van der Waals surface area contributed by atoms with Crippen LogP contribution in [0.1, 0.15) is 5.56 Å². The van der Waals surface area contributed by atoms with Gasteiger partial charge in [-0.2, -0.15) is 5.10 Å². The molecule has 0 saturated carbocycles. The third kappa shape index (κ3) is 3.14. The van der Waals surface area contributed by atoms with Gasteiger partial charge in [0.25, 0.3) is 0 Å². The van der Waals surface area contributed by atoms with Gasteiger partial charge in [0.1, 0.15) is 0 Å². The molecule has 4 rings (SSSR count). The fourth-order valence-electron chi connectivity index (χ4n) is 3.12. The van der Waals surface area contributed by atoms with Gasteiger partial charge in [0.15, 0.2) is 0 Å². The van der Waals surface area contributed by atoms with Crippen molar-refractivity contribution < 1.29 is 4.74 Å². The summed E-state index contributed by atoms with van der Waals surface area (Å²) in [5, 5.41) is 8.74. The van der Waals surface area contributed by atoms with Crippen molar-refractivity contribution in [3.8, 4) is 11.3 Å². The molecule has 1 N–H and O–H groups in total. The summed E-state index contributed by atoms with van der Waals surface area (Å²) in [5.41, 5.74) is 4.65. The summed E-state index contributed by atoms with van der Waals surface area (Å²) in [5.74, 6) is 0. The smallest absolute Gasteiger partial charge is 0.0999 e. The molecular weight excluding hydrogens is 286 g/mol. The van der Waals surface area contributed by atoms with Crippen molar-refractivity contribution in [1.29, 1.82) is 0 Å². The first kappa shape index (κ1) is 14.4. The summed E-state index contributed by atoms with van der Waals surface area (Å²) in [6.07, 6.45) is 1.08. The number of aromatic amines is 1. The van der Waals surface area contributed by atoms with Crippen molar-refractivity contribution in [3.05, 3.63) is 54.1 Å². The van der Waals surface area contributed by atoms with Gasteiger partial charge in [-0.1, -0.05) is 42.5 Å². The third-order valence-corrected chi connectivity index (χ3v) is 4.52.